The predicted octanol–water partition coefficient (Wildman–Crippen LogP) is 5.23. The predicted molar refractivity (Wildman–Crippen MR) is 100 cm³/mol. The first-order valence-electron chi connectivity index (χ1n) is 9.49. The van der Waals surface area contributed by atoms with Gasteiger partial charge in [0.05, 0.1) is 6.67 Å². The first-order chi connectivity index (χ1) is 12.9. The third-order valence-electron chi connectivity index (χ3n) is 4.79. The fourth-order valence-corrected chi connectivity index (χ4v) is 3.62. The van der Waals surface area contributed by atoms with Gasteiger partial charge in [0.1, 0.15) is 11.2 Å². The number of aryl methyl sites for hydroxylation is 1. The maximum atomic E-state index is 7.58. The summed E-state index contributed by atoms with van der Waals surface area (Å²) in [5, 5.41) is 4.57. The van der Waals surface area contributed by atoms with E-state index < -0.39 is 6.98 Å². The number of furan rings is 1. The van der Waals surface area contributed by atoms with Crippen LogP contribution in [0, 0.1) is 6.92 Å². The summed E-state index contributed by atoms with van der Waals surface area (Å²) in [7, 11) is 0. The van der Waals surface area contributed by atoms with E-state index in [9.17, 15) is 0 Å². The molecule has 5 rings (SSSR count). The van der Waals surface area contributed by atoms with Gasteiger partial charge in [0, 0.05) is 45.5 Å². The van der Waals surface area contributed by atoms with E-state index >= 15 is 0 Å². The normalized spacial score (nSPS) is 17.0. The lowest BCUT2D eigenvalue weighted by molar-refractivity contribution is 0.495. The molecule has 1 aliphatic rings. The van der Waals surface area contributed by atoms with Crippen LogP contribution < -0.4 is 4.90 Å². The monoisotopic (exact) mass is 317 g/mol. The van der Waals surface area contributed by atoms with E-state index in [1.165, 1.54) is 15.7 Å². The van der Waals surface area contributed by atoms with Crippen LogP contribution >= 0.6 is 0 Å². The lowest BCUT2D eigenvalue weighted by Gasteiger charge is -2.20. The molecule has 0 bridgehead atoms. The molecule has 118 valence electrons. The molecule has 0 N–H and O–H groups in total. The minimum absolute atomic E-state index is 0.298. The number of hydrogen-bond acceptors (Lipinski definition) is 3. The van der Waals surface area contributed by atoms with Crippen LogP contribution in [0.4, 0.5) is 5.69 Å². The molecule has 3 heteroatoms. The van der Waals surface area contributed by atoms with Crippen molar-refractivity contribution in [2.75, 3.05) is 18.5 Å². The number of anilines is 1. The summed E-state index contributed by atoms with van der Waals surface area (Å²) < 4.78 is 28.9. The SMILES string of the molecule is [2H]C([2H])([2H])N1C=CN(c2ccc3c(oc4ccc5ccccc5c43)c2C)C1. The molecule has 0 fully saturated rings. The van der Waals surface area contributed by atoms with Crippen LogP contribution in [0.5, 0.6) is 0 Å². The molecule has 3 nitrogen and oxygen atoms in total. The molecular formula is C21H18N2O. The van der Waals surface area contributed by atoms with Crippen LogP contribution in [0.2, 0.25) is 0 Å². The second kappa shape index (κ2) is 4.78. The largest absolute Gasteiger partial charge is 0.456 e. The molecule has 0 unspecified atom stereocenters. The molecule has 1 aromatic heterocycles. The Balaban J connectivity index is 1.68. The first kappa shape index (κ1) is 10.8. The fraction of sp³-hybridized carbons (Fsp3) is 0.143. The zero-order valence-electron chi connectivity index (χ0n) is 16.3. The average Bonchev–Trinajstić information content (AvgIpc) is 3.27. The Labute approximate surface area is 144 Å². The van der Waals surface area contributed by atoms with E-state index in [2.05, 4.69) is 24.3 Å². The Morgan fingerprint density at radius 1 is 1.00 bits per heavy atom. The van der Waals surface area contributed by atoms with Gasteiger partial charge in [-0.2, -0.15) is 0 Å². The van der Waals surface area contributed by atoms with Gasteiger partial charge in [0.15, 0.2) is 0 Å². The minimum Gasteiger partial charge on any atom is -0.456 e. The molecule has 1 aliphatic heterocycles. The third kappa shape index (κ3) is 1.78. The van der Waals surface area contributed by atoms with Crippen LogP contribution in [0.25, 0.3) is 32.7 Å². The first-order valence-corrected chi connectivity index (χ1v) is 7.99. The Morgan fingerprint density at radius 3 is 2.79 bits per heavy atom. The lowest BCUT2D eigenvalue weighted by Crippen LogP contribution is -2.22. The second-order valence-electron chi connectivity index (χ2n) is 6.23. The van der Waals surface area contributed by atoms with Crippen molar-refractivity contribution in [2.24, 2.45) is 0 Å². The summed E-state index contributed by atoms with van der Waals surface area (Å²) in [5.41, 5.74) is 3.67. The van der Waals surface area contributed by atoms with Crippen LogP contribution in [-0.4, -0.2) is 18.5 Å². The standard InChI is InChI=1S/C21H18N2O/c1-14-18(23-12-11-22(2)13-23)9-8-17-20-16-6-4-3-5-15(16)7-10-19(20)24-21(14)17/h3-12H,13H2,1-2H3/i2D3. The number of nitrogens with zero attached hydrogens (tertiary/aromatic N) is 2. The van der Waals surface area contributed by atoms with Crippen molar-refractivity contribution in [2.45, 2.75) is 6.92 Å². The summed E-state index contributed by atoms with van der Waals surface area (Å²) in [6.45, 7) is 0.182. The summed E-state index contributed by atoms with van der Waals surface area (Å²) >= 11 is 0. The summed E-state index contributed by atoms with van der Waals surface area (Å²) in [6, 6.07) is 16.5. The smallest absolute Gasteiger partial charge is 0.140 e. The van der Waals surface area contributed by atoms with Crippen molar-refractivity contribution in [3.05, 3.63) is 66.5 Å². The van der Waals surface area contributed by atoms with Crippen molar-refractivity contribution >= 4 is 38.4 Å². The van der Waals surface area contributed by atoms with Gasteiger partial charge in [0.2, 0.25) is 0 Å². The Hall–Kier alpha value is -2.94. The molecule has 0 saturated heterocycles. The highest BCUT2D eigenvalue weighted by atomic mass is 16.3. The number of benzene rings is 3. The van der Waals surface area contributed by atoms with Gasteiger partial charge in [-0.15, -0.1) is 0 Å². The minimum atomic E-state index is -2.14. The highest BCUT2D eigenvalue weighted by Crippen LogP contribution is 2.39. The maximum Gasteiger partial charge on any atom is 0.140 e. The quantitative estimate of drug-likeness (QED) is 0.479. The van der Waals surface area contributed by atoms with Crippen molar-refractivity contribution in [1.29, 1.82) is 0 Å². The van der Waals surface area contributed by atoms with Crippen molar-refractivity contribution in [3.63, 3.8) is 0 Å². The summed E-state index contributed by atoms with van der Waals surface area (Å²) in [5.74, 6) is 0. The van der Waals surface area contributed by atoms with Crippen molar-refractivity contribution in [1.82, 2.24) is 4.90 Å². The van der Waals surface area contributed by atoms with E-state index in [4.69, 9.17) is 8.53 Å². The number of fused-ring (bicyclic) bond motifs is 5. The molecular weight excluding hydrogens is 296 g/mol. The van der Waals surface area contributed by atoms with Crippen LogP contribution in [0.15, 0.2) is 65.3 Å². The van der Waals surface area contributed by atoms with Crippen LogP contribution in [0.3, 0.4) is 0 Å². The molecule has 24 heavy (non-hydrogen) atoms. The average molecular weight is 317 g/mol. The molecule has 0 aliphatic carbocycles. The zero-order valence-corrected chi connectivity index (χ0v) is 13.3. The van der Waals surface area contributed by atoms with Gasteiger partial charge in [-0.25, -0.2) is 0 Å². The van der Waals surface area contributed by atoms with Gasteiger partial charge >= 0.3 is 0 Å². The number of hydrogen-bond donors (Lipinski definition) is 0. The number of rotatable bonds is 1. The summed E-state index contributed by atoms with van der Waals surface area (Å²) in [6.07, 6.45) is 3.42. The van der Waals surface area contributed by atoms with Gasteiger partial charge < -0.3 is 14.2 Å². The van der Waals surface area contributed by atoms with Gasteiger partial charge in [-0.05, 0) is 35.9 Å². The third-order valence-corrected chi connectivity index (χ3v) is 4.79. The van der Waals surface area contributed by atoms with E-state index in [1.807, 2.05) is 36.1 Å². The maximum absolute atomic E-state index is 7.58. The molecule has 0 saturated carbocycles. The van der Waals surface area contributed by atoms with Crippen LogP contribution in [-0.2, 0) is 0 Å². The molecule has 4 aromatic rings. The molecule has 0 radical (unpaired) electrons. The zero-order chi connectivity index (χ0) is 18.8. The molecule has 0 spiro atoms. The van der Waals surface area contributed by atoms with Crippen LogP contribution in [0.1, 0.15) is 9.68 Å². The van der Waals surface area contributed by atoms with E-state index in [1.54, 1.807) is 12.4 Å². The van der Waals surface area contributed by atoms with E-state index in [0.717, 1.165) is 33.2 Å². The van der Waals surface area contributed by atoms with Crippen molar-refractivity contribution < 1.29 is 8.53 Å². The highest BCUT2D eigenvalue weighted by Gasteiger charge is 2.18. The highest BCUT2D eigenvalue weighted by molar-refractivity contribution is 6.19. The van der Waals surface area contributed by atoms with Gasteiger partial charge in [-0.3, -0.25) is 0 Å². The van der Waals surface area contributed by atoms with Gasteiger partial charge in [0.25, 0.3) is 0 Å². The lowest BCUT2D eigenvalue weighted by atomic mass is 10.0. The molecule has 2 heterocycles. The van der Waals surface area contributed by atoms with E-state index in [-0.39, 0.29) is 0 Å². The van der Waals surface area contributed by atoms with E-state index in [0.29, 0.717) is 6.67 Å². The summed E-state index contributed by atoms with van der Waals surface area (Å²) in [4.78, 5) is 3.29. The molecule has 3 aromatic carbocycles. The Bertz CT molecular complexity index is 1220. The Kier molecular flexibility index (Phi) is 2.14. The second-order valence-corrected chi connectivity index (χ2v) is 6.23. The Morgan fingerprint density at radius 2 is 1.92 bits per heavy atom. The molecule has 0 amide bonds. The topological polar surface area (TPSA) is 19.6 Å². The van der Waals surface area contributed by atoms with Gasteiger partial charge in [-0.1, -0.05) is 30.3 Å². The fourth-order valence-electron chi connectivity index (χ4n) is 3.62. The molecule has 0 atom stereocenters. The van der Waals surface area contributed by atoms with Crippen molar-refractivity contribution in [3.8, 4) is 0 Å².